The molecule has 0 spiro atoms. The van der Waals surface area contributed by atoms with E-state index in [9.17, 15) is 18.0 Å². The Bertz CT molecular complexity index is 1130. The molecule has 3 aromatic rings. The molecular formula is C23H24ClF3N6O. The average Bonchev–Trinajstić information content (AvgIpc) is 3.28. The van der Waals surface area contributed by atoms with Gasteiger partial charge in [0.25, 0.3) is 0 Å². The first-order valence-electron chi connectivity index (χ1n) is 10.7. The van der Waals surface area contributed by atoms with E-state index in [1.807, 2.05) is 46.3 Å². The summed E-state index contributed by atoms with van der Waals surface area (Å²) in [5.41, 5.74) is 0.999. The largest absolute Gasteiger partial charge is 0.417 e. The monoisotopic (exact) mass is 492 g/mol. The lowest BCUT2D eigenvalue weighted by atomic mass is 10.2. The summed E-state index contributed by atoms with van der Waals surface area (Å²) in [7, 11) is 1.75. The first-order chi connectivity index (χ1) is 16.2. The highest BCUT2D eigenvalue weighted by molar-refractivity contribution is 6.33. The maximum absolute atomic E-state index is 12.8. The van der Waals surface area contributed by atoms with Crippen molar-refractivity contribution in [2.45, 2.75) is 12.7 Å². The Balaban J connectivity index is 1.28. The van der Waals surface area contributed by atoms with Crippen LogP contribution in [-0.4, -0.2) is 70.2 Å². The van der Waals surface area contributed by atoms with Crippen molar-refractivity contribution in [3.8, 4) is 5.69 Å². The molecule has 180 valence electrons. The van der Waals surface area contributed by atoms with E-state index < -0.39 is 11.7 Å². The number of piperazine rings is 1. The van der Waals surface area contributed by atoms with Gasteiger partial charge in [0.05, 0.1) is 29.0 Å². The lowest BCUT2D eigenvalue weighted by Crippen LogP contribution is -2.50. The normalized spacial score (nSPS) is 14.9. The van der Waals surface area contributed by atoms with Crippen molar-refractivity contribution in [1.29, 1.82) is 0 Å². The fraction of sp³-hybridized carbons (Fsp3) is 0.348. The smallest absolute Gasteiger partial charge is 0.353 e. The molecule has 3 heterocycles. The Labute approximate surface area is 200 Å². The molecule has 4 rings (SSSR count). The molecule has 0 unspecified atom stereocenters. The third-order valence-corrected chi connectivity index (χ3v) is 5.96. The Hall–Kier alpha value is -3.11. The van der Waals surface area contributed by atoms with Crippen LogP contribution in [0.15, 0.2) is 55.0 Å². The minimum Gasteiger partial charge on any atom is -0.353 e. The van der Waals surface area contributed by atoms with Gasteiger partial charge in [-0.3, -0.25) is 9.69 Å². The van der Waals surface area contributed by atoms with Gasteiger partial charge in [-0.15, -0.1) is 0 Å². The van der Waals surface area contributed by atoms with Gasteiger partial charge in [-0.2, -0.15) is 18.3 Å². The van der Waals surface area contributed by atoms with E-state index in [-0.39, 0.29) is 17.5 Å². The van der Waals surface area contributed by atoms with E-state index in [4.69, 9.17) is 11.6 Å². The molecule has 34 heavy (non-hydrogen) atoms. The Kier molecular flexibility index (Phi) is 7.08. The summed E-state index contributed by atoms with van der Waals surface area (Å²) in [6.45, 7) is 2.87. The number of carbonyl (C=O) groups is 1. The number of amides is 1. The van der Waals surface area contributed by atoms with Crippen molar-refractivity contribution in [2.75, 3.05) is 44.7 Å². The Morgan fingerprint density at radius 2 is 1.82 bits per heavy atom. The molecule has 0 radical (unpaired) electrons. The summed E-state index contributed by atoms with van der Waals surface area (Å²) >= 11 is 6.06. The van der Waals surface area contributed by atoms with E-state index in [0.29, 0.717) is 38.5 Å². The fourth-order valence-corrected chi connectivity index (χ4v) is 4.06. The van der Waals surface area contributed by atoms with Crippen LogP contribution in [0.25, 0.3) is 5.69 Å². The molecule has 1 aliphatic rings. The molecule has 2 aromatic heterocycles. The lowest BCUT2D eigenvalue weighted by molar-refractivity contribution is -0.137. The molecular weight excluding hydrogens is 469 g/mol. The molecule has 11 heteroatoms. The van der Waals surface area contributed by atoms with E-state index in [2.05, 4.69) is 10.1 Å². The van der Waals surface area contributed by atoms with Crippen LogP contribution in [0.1, 0.15) is 11.1 Å². The van der Waals surface area contributed by atoms with Crippen LogP contribution in [0.3, 0.4) is 0 Å². The number of likely N-dealkylation sites (N-methyl/N-ethyl adjacent to an activating group) is 1. The van der Waals surface area contributed by atoms with E-state index >= 15 is 0 Å². The molecule has 7 nitrogen and oxygen atoms in total. The molecule has 1 amide bonds. The number of hydrogen-bond donors (Lipinski definition) is 0. The van der Waals surface area contributed by atoms with Gasteiger partial charge in [-0.25, -0.2) is 9.67 Å². The summed E-state index contributed by atoms with van der Waals surface area (Å²) in [6.07, 6.45) is -0.0402. The van der Waals surface area contributed by atoms with Crippen LogP contribution >= 0.6 is 11.6 Å². The first kappa shape index (κ1) is 24.0. The number of alkyl halides is 3. The van der Waals surface area contributed by atoms with Gasteiger partial charge in [0, 0.05) is 57.7 Å². The number of para-hydroxylation sites is 1. The Morgan fingerprint density at radius 1 is 1.12 bits per heavy atom. The van der Waals surface area contributed by atoms with Crippen molar-refractivity contribution < 1.29 is 18.0 Å². The van der Waals surface area contributed by atoms with Gasteiger partial charge in [0.15, 0.2) is 0 Å². The van der Waals surface area contributed by atoms with Crippen molar-refractivity contribution in [2.24, 2.45) is 0 Å². The molecule has 1 aliphatic heterocycles. The highest BCUT2D eigenvalue weighted by Crippen LogP contribution is 2.33. The summed E-state index contributed by atoms with van der Waals surface area (Å²) in [5.74, 6) is 0.305. The summed E-state index contributed by atoms with van der Waals surface area (Å²) < 4.78 is 40.3. The summed E-state index contributed by atoms with van der Waals surface area (Å²) in [6, 6.07) is 10.6. The quantitative estimate of drug-likeness (QED) is 0.525. The van der Waals surface area contributed by atoms with Crippen LogP contribution in [0, 0.1) is 0 Å². The molecule has 1 aromatic carbocycles. The molecule has 1 fully saturated rings. The number of hydrogen-bond acceptors (Lipinski definition) is 5. The number of carbonyl (C=O) groups excluding carboxylic acids is 1. The minimum absolute atomic E-state index is 0.0217. The van der Waals surface area contributed by atoms with E-state index in [0.717, 1.165) is 23.5 Å². The zero-order valence-electron chi connectivity index (χ0n) is 18.5. The van der Waals surface area contributed by atoms with E-state index in [1.54, 1.807) is 22.8 Å². The second-order valence-electron chi connectivity index (χ2n) is 8.17. The number of nitrogens with zero attached hydrogens (tertiary/aromatic N) is 6. The average molecular weight is 493 g/mol. The second-order valence-corrected chi connectivity index (χ2v) is 8.58. The van der Waals surface area contributed by atoms with Crippen molar-refractivity contribution >= 4 is 23.3 Å². The summed E-state index contributed by atoms with van der Waals surface area (Å²) in [5, 5.41) is 4.33. The second kappa shape index (κ2) is 10.0. The number of benzene rings is 1. The van der Waals surface area contributed by atoms with Gasteiger partial charge in [0.1, 0.15) is 5.82 Å². The Morgan fingerprint density at radius 3 is 2.47 bits per heavy atom. The van der Waals surface area contributed by atoms with E-state index in [1.165, 1.54) is 0 Å². The number of halogens is 4. The van der Waals surface area contributed by atoms with Crippen molar-refractivity contribution in [3.63, 3.8) is 0 Å². The molecule has 0 saturated carbocycles. The van der Waals surface area contributed by atoms with Gasteiger partial charge in [-0.05, 0) is 18.2 Å². The molecule has 1 saturated heterocycles. The zero-order valence-corrected chi connectivity index (χ0v) is 19.3. The maximum atomic E-state index is 12.8. The molecule has 0 N–H and O–H groups in total. The lowest BCUT2D eigenvalue weighted by Gasteiger charge is -2.36. The van der Waals surface area contributed by atoms with Crippen LogP contribution in [0.4, 0.5) is 19.0 Å². The van der Waals surface area contributed by atoms with Gasteiger partial charge >= 0.3 is 6.18 Å². The van der Waals surface area contributed by atoms with Crippen LogP contribution in [-0.2, 0) is 17.5 Å². The minimum atomic E-state index is -4.49. The first-order valence-corrected chi connectivity index (χ1v) is 11.1. The van der Waals surface area contributed by atoms with Gasteiger partial charge in [-0.1, -0.05) is 29.8 Å². The maximum Gasteiger partial charge on any atom is 0.417 e. The fourth-order valence-electron chi connectivity index (χ4n) is 3.77. The van der Waals surface area contributed by atoms with Crippen molar-refractivity contribution in [1.82, 2.24) is 24.6 Å². The van der Waals surface area contributed by atoms with Crippen LogP contribution < -0.4 is 4.90 Å². The number of pyridine rings is 1. The predicted octanol–water partition coefficient (Wildman–Crippen LogP) is 3.72. The molecule has 0 atom stereocenters. The predicted molar refractivity (Wildman–Crippen MR) is 123 cm³/mol. The number of anilines is 1. The molecule has 0 aliphatic carbocycles. The van der Waals surface area contributed by atoms with Gasteiger partial charge in [0.2, 0.25) is 5.91 Å². The van der Waals surface area contributed by atoms with Crippen LogP contribution in [0.5, 0.6) is 0 Å². The van der Waals surface area contributed by atoms with Gasteiger partial charge < -0.3 is 9.80 Å². The highest BCUT2D eigenvalue weighted by atomic mass is 35.5. The molecule has 0 bridgehead atoms. The number of rotatable bonds is 6. The standard InChI is InChI=1S/C23H24ClF3N6O/c1-30(14-17-12-29-33(15-17)19-5-3-2-4-6-19)21(34)16-31-7-9-32(10-8-31)22-20(24)11-18(13-28-22)23(25,26)27/h2-6,11-13,15H,7-10,14,16H2,1H3. The summed E-state index contributed by atoms with van der Waals surface area (Å²) in [4.78, 5) is 22.2. The third kappa shape index (κ3) is 5.68. The van der Waals surface area contributed by atoms with Crippen LogP contribution in [0.2, 0.25) is 5.02 Å². The zero-order chi connectivity index (χ0) is 24.3. The topological polar surface area (TPSA) is 57.5 Å². The van der Waals surface area contributed by atoms with Crippen molar-refractivity contribution in [3.05, 3.63) is 71.1 Å². The number of aromatic nitrogens is 3. The SMILES string of the molecule is CN(Cc1cnn(-c2ccccc2)c1)C(=O)CN1CCN(c2ncc(C(F)(F)F)cc2Cl)CC1. The highest BCUT2D eigenvalue weighted by Gasteiger charge is 2.32. The third-order valence-electron chi connectivity index (χ3n) is 5.68.